The van der Waals surface area contributed by atoms with Crippen molar-refractivity contribution in [2.75, 3.05) is 20.1 Å². The fourth-order valence-corrected chi connectivity index (χ4v) is 4.45. The van der Waals surface area contributed by atoms with Crippen LogP contribution in [0.3, 0.4) is 0 Å². The Hall–Kier alpha value is -3.57. The van der Waals surface area contributed by atoms with Gasteiger partial charge in [-0.05, 0) is 38.4 Å². The lowest BCUT2D eigenvalue weighted by Crippen LogP contribution is -2.49. The summed E-state index contributed by atoms with van der Waals surface area (Å²) >= 11 is 0. The zero-order valence-corrected chi connectivity index (χ0v) is 22.8. The van der Waals surface area contributed by atoms with Crippen molar-refractivity contribution >= 4 is 30.7 Å². The van der Waals surface area contributed by atoms with Crippen LogP contribution in [0.5, 0.6) is 0 Å². The minimum atomic E-state index is -1.25. The quantitative estimate of drug-likeness (QED) is 0.439. The average Bonchev–Trinajstić information content (AvgIpc) is 2.95. The predicted octanol–water partition coefficient (Wildman–Crippen LogP) is 2.51. The summed E-state index contributed by atoms with van der Waals surface area (Å²) in [5, 5.41) is 13.0. The van der Waals surface area contributed by atoms with E-state index in [9.17, 15) is 24.3 Å². The molecule has 1 saturated heterocycles. The molecule has 2 N–H and O–H groups in total. The molecule has 1 fully saturated rings. The molecule has 208 valence electrons. The first kappa shape index (κ1) is 30.0. The molecule has 11 heteroatoms. The SMILES string of the molecule is CC(C)C[C@H](CC(=O)[C@@H](NC(=O)c1cccc(-c2ccccc2)n1)[C@@H](C)O)B1OC(=O)CCN(C)CC(=O)O1. The van der Waals surface area contributed by atoms with Gasteiger partial charge in [-0.3, -0.25) is 24.1 Å². The number of carbonyl (C=O) groups is 4. The molecule has 0 unspecified atom stereocenters. The Morgan fingerprint density at radius 3 is 2.41 bits per heavy atom. The minimum absolute atomic E-state index is 0.0170. The molecule has 2 heterocycles. The zero-order chi connectivity index (χ0) is 28.5. The predicted molar refractivity (Wildman–Crippen MR) is 145 cm³/mol. The largest absolute Gasteiger partial charge is 0.602 e. The Kier molecular flexibility index (Phi) is 10.8. The molecule has 0 saturated carbocycles. The summed E-state index contributed by atoms with van der Waals surface area (Å²) in [6.45, 7) is 5.59. The third-order valence-electron chi connectivity index (χ3n) is 6.38. The summed E-state index contributed by atoms with van der Waals surface area (Å²) in [6, 6.07) is 13.1. The molecule has 10 nitrogen and oxygen atoms in total. The Labute approximate surface area is 229 Å². The molecule has 0 radical (unpaired) electrons. The monoisotopic (exact) mass is 537 g/mol. The fourth-order valence-electron chi connectivity index (χ4n) is 4.45. The third kappa shape index (κ3) is 9.00. The first-order chi connectivity index (χ1) is 18.5. The standard InChI is InChI=1S/C28H36BN3O7/c1-18(2)15-21(29-38-25(35)13-14-32(4)17-26(36)39-29)16-24(34)27(19(3)33)31-28(37)23-12-8-11-22(30-23)20-9-6-5-7-10-20/h5-12,18-19,21,27,33H,13-17H2,1-4H3,(H,31,37)/t19-,21-,27+/m1/s1. The minimum Gasteiger partial charge on any atom is -0.499 e. The average molecular weight is 537 g/mol. The number of amides is 1. The molecule has 1 aromatic carbocycles. The number of likely N-dealkylation sites (N-methyl/N-ethyl adjacent to an activating group) is 1. The van der Waals surface area contributed by atoms with E-state index in [1.165, 1.54) is 13.0 Å². The molecule has 3 rings (SSSR count). The molecule has 0 aliphatic carbocycles. The van der Waals surface area contributed by atoms with Gasteiger partial charge in [0.15, 0.2) is 5.78 Å². The van der Waals surface area contributed by atoms with Gasteiger partial charge in [0.25, 0.3) is 11.9 Å². The van der Waals surface area contributed by atoms with Crippen molar-refractivity contribution in [2.24, 2.45) is 5.92 Å². The zero-order valence-electron chi connectivity index (χ0n) is 22.8. The number of nitrogens with one attached hydrogen (secondary N) is 1. The maximum Gasteiger partial charge on any atom is 0.602 e. The number of rotatable bonds is 10. The van der Waals surface area contributed by atoms with Gasteiger partial charge in [-0.25, -0.2) is 4.98 Å². The number of benzene rings is 1. The molecule has 1 aromatic heterocycles. The van der Waals surface area contributed by atoms with Crippen molar-refractivity contribution in [1.82, 2.24) is 15.2 Å². The second kappa shape index (κ2) is 14.0. The topological polar surface area (TPSA) is 135 Å². The Bertz CT molecular complexity index is 1160. The third-order valence-corrected chi connectivity index (χ3v) is 6.38. The van der Waals surface area contributed by atoms with Crippen LogP contribution in [0.4, 0.5) is 0 Å². The van der Waals surface area contributed by atoms with Crippen molar-refractivity contribution in [3.05, 3.63) is 54.2 Å². The van der Waals surface area contributed by atoms with E-state index in [-0.39, 0.29) is 31.0 Å². The maximum absolute atomic E-state index is 13.4. The second-order valence-corrected chi connectivity index (χ2v) is 10.4. The van der Waals surface area contributed by atoms with Crippen LogP contribution in [-0.2, 0) is 23.7 Å². The molecular formula is C28H36BN3O7. The number of hydrogen-bond donors (Lipinski definition) is 2. The van der Waals surface area contributed by atoms with E-state index < -0.39 is 48.7 Å². The summed E-state index contributed by atoms with van der Waals surface area (Å²) in [7, 11) is 0.446. The summed E-state index contributed by atoms with van der Waals surface area (Å²) in [6.07, 6.45) is -0.911. The maximum atomic E-state index is 13.4. The molecule has 2 aromatic rings. The van der Waals surface area contributed by atoms with E-state index in [4.69, 9.17) is 9.31 Å². The molecule has 39 heavy (non-hydrogen) atoms. The van der Waals surface area contributed by atoms with E-state index in [1.807, 2.05) is 44.2 Å². The van der Waals surface area contributed by atoms with E-state index >= 15 is 0 Å². The highest BCUT2D eigenvalue weighted by Gasteiger charge is 2.41. The number of aromatic nitrogens is 1. The number of aliphatic hydroxyl groups excluding tert-OH is 1. The van der Waals surface area contributed by atoms with Crippen molar-refractivity contribution in [3.63, 3.8) is 0 Å². The lowest BCUT2D eigenvalue weighted by molar-refractivity contribution is -0.139. The number of hydrogen-bond acceptors (Lipinski definition) is 9. The fraction of sp³-hybridized carbons (Fsp3) is 0.464. The number of nitrogens with zero attached hydrogens (tertiary/aromatic N) is 2. The van der Waals surface area contributed by atoms with Crippen LogP contribution in [0.2, 0.25) is 5.82 Å². The van der Waals surface area contributed by atoms with Crippen LogP contribution in [0.25, 0.3) is 11.3 Å². The lowest BCUT2D eigenvalue weighted by atomic mass is 9.64. The summed E-state index contributed by atoms with van der Waals surface area (Å²) in [5.41, 5.74) is 1.52. The van der Waals surface area contributed by atoms with E-state index in [0.29, 0.717) is 18.7 Å². The highest BCUT2D eigenvalue weighted by Crippen LogP contribution is 2.28. The summed E-state index contributed by atoms with van der Waals surface area (Å²) in [4.78, 5) is 57.4. The second-order valence-electron chi connectivity index (χ2n) is 10.4. The van der Waals surface area contributed by atoms with Crippen LogP contribution < -0.4 is 5.32 Å². The van der Waals surface area contributed by atoms with Crippen molar-refractivity contribution in [3.8, 4) is 11.3 Å². The van der Waals surface area contributed by atoms with Gasteiger partial charge in [0.1, 0.15) is 11.7 Å². The van der Waals surface area contributed by atoms with Crippen LogP contribution in [0.15, 0.2) is 48.5 Å². The summed E-state index contributed by atoms with van der Waals surface area (Å²) < 4.78 is 11.0. The van der Waals surface area contributed by atoms with Crippen LogP contribution >= 0.6 is 0 Å². The smallest absolute Gasteiger partial charge is 0.499 e. The van der Waals surface area contributed by atoms with Crippen molar-refractivity contribution < 1.29 is 33.6 Å². The molecule has 1 amide bonds. The van der Waals surface area contributed by atoms with Gasteiger partial charge in [-0.15, -0.1) is 0 Å². The van der Waals surface area contributed by atoms with Crippen LogP contribution in [0, 0.1) is 5.92 Å². The van der Waals surface area contributed by atoms with Gasteiger partial charge in [-0.1, -0.05) is 50.2 Å². The van der Waals surface area contributed by atoms with Crippen LogP contribution in [-0.4, -0.2) is 78.0 Å². The highest BCUT2D eigenvalue weighted by atomic mass is 16.6. The van der Waals surface area contributed by atoms with E-state index in [0.717, 1.165) is 5.56 Å². The molecule has 0 spiro atoms. The van der Waals surface area contributed by atoms with Gasteiger partial charge in [0, 0.05) is 24.3 Å². The number of carbonyl (C=O) groups excluding carboxylic acids is 4. The normalized spacial score (nSPS) is 17.2. The first-order valence-corrected chi connectivity index (χ1v) is 13.1. The Morgan fingerprint density at radius 1 is 1.05 bits per heavy atom. The van der Waals surface area contributed by atoms with E-state index in [1.54, 1.807) is 24.1 Å². The summed E-state index contributed by atoms with van der Waals surface area (Å²) in [5.74, 6) is -2.77. The molecule has 3 atom stereocenters. The number of aliphatic hydroxyl groups is 1. The highest BCUT2D eigenvalue weighted by molar-refractivity contribution is 6.51. The van der Waals surface area contributed by atoms with Gasteiger partial charge in [0.05, 0.1) is 24.8 Å². The van der Waals surface area contributed by atoms with Gasteiger partial charge in [0.2, 0.25) is 0 Å². The van der Waals surface area contributed by atoms with Gasteiger partial charge in [-0.2, -0.15) is 0 Å². The van der Waals surface area contributed by atoms with Crippen molar-refractivity contribution in [1.29, 1.82) is 0 Å². The van der Waals surface area contributed by atoms with Crippen LogP contribution in [0.1, 0.15) is 50.5 Å². The molecule has 1 aliphatic rings. The number of ketones is 1. The molecular weight excluding hydrogens is 501 g/mol. The Morgan fingerprint density at radius 2 is 1.74 bits per heavy atom. The number of Topliss-reactive ketones (excluding diaryl/α,β-unsaturated/α-hetero) is 1. The van der Waals surface area contributed by atoms with Gasteiger partial charge >= 0.3 is 13.1 Å². The molecule has 1 aliphatic heterocycles. The van der Waals surface area contributed by atoms with E-state index in [2.05, 4.69) is 10.3 Å². The van der Waals surface area contributed by atoms with Gasteiger partial charge < -0.3 is 19.7 Å². The lowest BCUT2D eigenvalue weighted by Gasteiger charge is -2.26. The van der Waals surface area contributed by atoms with Crippen molar-refractivity contribution in [2.45, 2.75) is 58.0 Å². The number of pyridine rings is 1. The molecule has 0 bridgehead atoms. The first-order valence-electron chi connectivity index (χ1n) is 13.1. The Balaban J connectivity index is 1.77.